The van der Waals surface area contributed by atoms with E-state index in [2.05, 4.69) is 350 Å². The van der Waals surface area contributed by atoms with Crippen LogP contribution in [0.3, 0.4) is 0 Å². The van der Waals surface area contributed by atoms with Crippen molar-refractivity contribution in [1.29, 1.82) is 0 Å². The average molecular weight is 1400 g/mol. The fraction of sp³-hybridized carbons (Fsp3) is 0. The Morgan fingerprint density at radius 3 is 0.900 bits per heavy atom. The SMILES string of the molecule is c1ccc(B2c3ccc(-c4ccc(-c5ccc(-c6coc(-c7ccc(-c8ccc(B9c%10ccccc%10N%10c%11ccccc%11B(c%11ccc(-c%12ccc(-c%13ccco%13)cc%12)cc%11)c%11cccc9c%11%10)cc8)cc7)c6)o5)cc4)cc3N3c4ccccc4B(c4ccc(-c5ccc(-c6ccco6)cc5)cc4)c4cccc2c43)cc1. The molecule has 0 radical (unpaired) electrons. The second-order valence-corrected chi connectivity index (χ2v) is 29.3. The molecule has 4 aliphatic rings. The second kappa shape index (κ2) is 25.9. The Balaban J connectivity index is 0.511. The number of nitrogens with zero attached hydrogens (tertiary/aromatic N) is 2. The molecule has 4 aliphatic heterocycles. The van der Waals surface area contributed by atoms with Crippen molar-refractivity contribution >= 4 is 127 Å². The standard InChI is InChI=1S/C100H64B4N2O4/c1-2-14-78(15-3-1)101-85-57-50-76(62-93(85)106-92-25-9-6-18-84(92)104(89-22-11-21-88(101)100(89)106)81-55-46-69(47-56-81)66-30-38-73(39-31-66)95-27-13-61-108-95)71-34-40-74(41-35-71)96-58-59-97(110-96)77-63-98(109-64-77)75-42-32-67(33-43-75)70-48-53-80(54-49-70)103-83-17-5-8-24-91(83)105-90-23-7-4-16-82(90)102(86-19-10-20-87(103)99(86)105)79-51-44-68(45-52-79)65-28-36-72(37-29-65)94-26-12-60-107-94/h1-64H. The summed E-state index contributed by atoms with van der Waals surface area (Å²) in [7, 11) is 0. The van der Waals surface area contributed by atoms with E-state index >= 15 is 0 Å². The molecule has 510 valence electrons. The van der Waals surface area contributed by atoms with Crippen LogP contribution in [0.4, 0.5) is 34.1 Å². The fourth-order valence-electron chi connectivity index (χ4n) is 18.1. The first-order valence-electron chi connectivity index (χ1n) is 37.8. The molecule has 0 aliphatic carbocycles. The molecule has 0 saturated heterocycles. The number of hydrogen-bond acceptors (Lipinski definition) is 6. The van der Waals surface area contributed by atoms with Crippen molar-refractivity contribution in [1.82, 2.24) is 0 Å². The lowest BCUT2D eigenvalue weighted by Crippen LogP contribution is -2.64. The highest BCUT2D eigenvalue weighted by molar-refractivity contribution is 7.03. The molecule has 18 aromatic rings. The van der Waals surface area contributed by atoms with Gasteiger partial charge in [-0.05, 0) is 155 Å². The summed E-state index contributed by atoms with van der Waals surface area (Å²) in [6.07, 6.45) is 5.24. The lowest BCUT2D eigenvalue weighted by molar-refractivity contribution is 0.574. The van der Waals surface area contributed by atoms with E-state index in [0.29, 0.717) is 0 Å². The van der Waals surface area contributed by atoms with Crippen LogP contribution in [0.5, 0.6) is 0 Å². The minimum atomic E-state index is 0.0281. The van der Waals surface area contributed by atoms with Gasteiger partial charge in [0.25, 0.3) is 0 Å². The summed E-state index contributed by atoms with van der Waals surface area (Å²) >= 11 is 0. The maximum Gasteiger partial charge on any atom is 0.246 e. The van der Waals surface area contributed by atoms with Crippen LogP contribution in [0, 0.1) is 0 Å². The van der Waals surface area contributed by atoms with Crippen LogP contribution in [-0.4, -0.2) is 26.9 Å². The molecule has 0 amide bonds. The van der Waals surface area contributed by atoms with Gasteiger partial charge in [-0.25, -0.2) is 0 Å². The van der Waals surface area contributed by atoms with Gasteiger partial charge in [0, 0.05) is 56.4 Å². The largest absolute Gasteiger partial charge is 0.464 e. The van der Waals surface area contributed by atoms with Gasteiger partial charge in [0.1, 0.15) is 35.1 Å². The van der Waals surface area contributed by atoms with Crippen molar-refractivity contribution in [2.24, 2.45) is 0 Å². The average Bonchev–Trinajstić information content (AvgIpc) is 1.10. The zero-order valence-corrected chi connectivity index (χ0v) is 59.8. The van der Waals surface area contributed by atoms with Crippen molar-refractivity contribution in [3.8, 4) is 101 Å². The normalized spacial score (nSPS) is 12.8. The maximum atomic E-state index is 6.65. The number of benzene rings is 14. The van der Waals surface area contributed by atoms with Crippen molar-refractivity contribution in [2.45, 2.75) is 0 Å². The molecular formula is C100H64B4N2O4. The van der Waals surface area contributed by atoms with Crippen molar-refractivity contribution in [3.63, 3.8) is 0 Å². The van der Waals surface area contributed by atoms with Gasteiger partial charge >= 0.3 is 0 Å². The number of rotatable bonds is 13. The lowest BCUT2D eigenvalue weighted by atomic mass is 9.30. The van der Waals surface area contributed by atoms with Crippen LogP contribution in [0.15, 0.2) is 407 Å². The quantitative estimate of drug-likeness (QED) is 0.107. The highest BCUT2D eigenvalue weighted by atomic mass is 16.4. The summed E-state index contributed by atoms with van der Waals surface area (Å²) in [5.41, 5.74) is 37.1. The fourth-order valence-corrected chi connectivity index (χ4v) is 18.1. The van der Waals surface area contributed by atoms with Crippen molar-refractivity contribution < 1.29 is 17.7 Å². The Morgan fingerprint density at radius 2 is 0.491 bits per heavy atom. The zero-order chi connectivity index (χ0) is 72.3. The van der Waals surface area contributed by atoms with Crippen LogP contribution in [0.1, 0.15) is 0 Å². The smallest absolute Gasteiger partial charge is 0.246 e. The van der Waals surface area contributed by atoms with E-state index in [9.17, 15) is 0 Å². The summed E-state index contributed by atoms with van der Waals surface area (Å²) in [4.78, 5) is 5.08. The predicted molar refractivity (Wildman–Crippen MR) is 458 cm³/mol. The van der Waals surface area contributed by atoms with E-state index in [1.54, 1.807) is 18.8 Å². The molecule has 0 bridgehead atoms. The first-order valence-corrected chi connectivity index (χ1v) is 37.8. The van der Waals surface area contributed by atoms with Gasteiger partial charge in [-0.2, -0.15) is 0 Å². The summed E-state index contributed by atoms with van der Waals surface area (Å²) in [5, 5.41) is 0. The van der Waals surface area contributed by atoms with E-state index in [1.165, 1.54) is 122 Å². The van der Waals surface area contributed by atoms with Crippen LogP contribution in [0.25, 0.3) is 101 Å². The number of para-hydroxylation sites is 5. The molecule has 14 aromatic carbocycles. The molecule has 0 spiro atoms. The summed E-state index contributed by atoms with van der Waals surface area (Å²) in [6.45, 7) is 0.141. The summed E-state index contributed by atoms with van der Waals surface area (Å²) in [5.74, 6) is 4.05. The first-order chi connectivity index (χ1) is 54.5. The van der Waals surface area contributed by atoms with Gasteiger partial charge in [0.05, 0.1) is 18.1 Å². The van der Waals surface area contributed by atoms with Gasteiger partial charge in [-0.15, -0.1) is 0 Å². The molecule has 22 rings (SSSR count). The zero-order valence-electron chi connectivity index (χ0n) is 59.8. The number of anilines is 6. The second-order valence-electron chi connectivity index (χ2n) is 29.3. The molecule has 0 atom stereocenters. The number of furan rings is 4. The minimum absolute atomic E-state index is 0.0281. The minimum Gasteiger partial charge on any atom is -0.464 e. The Morgan fingerprint density at radius 1 is 0.182 bits per heavy atom. The van der Waals surface area contributed by atoms with Crippen LogP contribution in [0.2, 0.25) is 0 Å². The van der Waals surface area contributed by atoms with Crippen molar-refractivity contribution in [2.75, 3.05) is 9.80 Å². The number of hydrogen-bond donors (Lipinski definition) is 0. The molecule has 0 unspecified atom stereocenters. The molecule has 10 heteroatoms. The topological polar surface area (TPSA) is 59.0 Å². The van der Waals surface area contributed by atoms with Crippen LogP contribution in [-0.2, 0) is 0 Å². The van der Waals surface area contributed by atoms with Crippen LogP contribution < -0.4 is 75.4 Å². The third-order valence-corrected chi connectivity index (χ3v) is 23.3. The Hall–Kier alpha value is -13.9. The maximum absolute atomic E-state index is 6.65. The third kappa shape index (κ3) is 10.5. The van der Waals surface area contributed by atoms with Gasteiger partial charge in [0.15, 0.2) is 0 Å². The Kier molecular flexibility index (Phi) is 14.9. The number of fused-ring (bicyclic) bond motifs is 8. The third-order valence-electron chi connectivity index (χ3n) is 23.3. The van der Waals surface area contributed by atoms with Crippen LogP contribution >= 0.6 is 0 Å². The highest BCUT2D eigenvalue weighted by Gasteiger charge is 2.45. The molecule has 0 fully saturated rings. The molecule has 6 nitrogen and oxygen atoms in total. The predicted octanol–water partition coefficient (Wildman–Crippen LogP) is 17.3. The molecule has 8 heterocycles. The van der Waals surface area contributed by atoms with Gasteiger partial charge < -0.3 is 27.5 Å². The van der Waals surface area contributed by atoms with E-state index in [1.807, 2.05) is 30.3 Å². The molecule has 0 saturated carbocycles. The van der Waals surface area contributed by atoms with Gasteiger partial charge in [-0.3, -0.25) is 0 Å². The monoisotopic (exact) mass is 1400 g/mol. The lowest BCUT2D eigenvalue weighted by Gasteiger charge is -2.44. The Bertz CT molecular complexity index is 6510. The van der Waals surface area contributed by atoms with Gasteiger partial charge in [0.2, 0.25) is 26.9 Å². The van der Waals surface area contributed by atoms with Crippen molar-refractivity contribution in [3.05, 3.63) is 389 Å². The molecule has 0 N–H and O–H groups in total. The van der Waals surface area contributed by atoms with E-state index in [4.69, 9.17) is 17.7 Å². The van der Waals surface area contributed by atoms with E-state index in [-0.39, 0.29) is 26.9 Å². The molecular weight excluding hydrogens is 1340 g/mol. The summed E-state index contributed by atoms with van der Waals surface area (Å²) < 4.78 is 24.3. The molecule has 110 heavy (non-hydrogen) atoms. The molecule has 4 aromatic heterocycles. The van der Waals surface area contributed by atoms with E-state index in [0.717, 1.165) is 78.9 Å². The summed E-state index contributed by atoms with van der Waals surface area (Å²) in [6, 6.07) is 135. The highest BCUT2D eigenvalue weighted by Crippen LogP contribution is 2.42. The van der Waals surface area contributed by atoms with Gasteiger partial charge in [-0.1, -0.05) is 325 Å². The first kappa shape index (κ1) is 63.3. The van der Waals surface area contributed by atoms with E-state index < -0.39 is 0 Å². The Labute approximate surface area is 639 Å².